The molecule has 0 aromatic heterocycles. The summed E-state index contributed by atoms with van der Waals surface area (Å²) < 4.78 is 5.08. The third-order valence-corrected chi connectivity index (χ3v) is 2.62. The van der Waals surface area contributed by atoms with Crippen LogP contribution < -0.4 is 10.6 Å². The van der Waals surface area contributed by atoms with Gasteiger partial charge in [0.05, 0.1) is 6.61 Å². The molecule has 1 atom stereocenters. The molecule has 4 nitrogen and oxygen atoms in total. The number of hydrogen-bond donors (Lipinski definition) is 2. The Morgan fingerprint density at radius 2 is 2.18 bits per heavy atom. The van der Waals surface area contributed by atoms with Crippen molar-refractivity contribution >= 4 is 41.7 Å². The highest BCUT2D eigenvalue weighted by molar-refractivity contribution is 14.0. The van der Waals surface area contributed by atoms with Gasteiger partial charge in [-0.25, -0.2) is 0 Å². The molecular weight excluding hydrogens is 349 g/mol. The molecule has 0 saturated heterocycles. The fourth-order valence-electron chi connectivity index (χ4n) is 1.24. The van der Waals surface area contributed by atoms with Crippen LogP contribution in [0, 0.1) is 0 Å². The van der Waals surface area contributed by atoms with E-state index in [-0.39, 0.29) is 30.0 Å². The first-order valence-corrected chi connectivity index (χ1v) is 7.16. The van der Waals surface area contributed by atoms with E-state index in [1.165, 1.54) is 0 Å². The van der Waals surface area contributed by atoms with Crippen molar-refractivity contribution in [1.82, 2.24) is 10.6 Å². The predicted octanol–water partition coefficient (Wildman–Crippen LogP) is 1.95. The summed E-state index contributed by atoms with van der Waals surface area (Å²) >= 11 is 1.86. The van der Waals surface area contributed by atoms with Gasteiger partial charge < -0.3 is 15.4 Å². The smallest absolute Gasteiger partial charge is 0.191 e. The normalized spacial score (nSPS) is 12.8. The Morgan fingerprint density at radius 3 is 2.71 bits per heavy atom. The standard InChI is InChI=1S/C11H25N3OS.HI/c1-5-12-11(13-7-6-8-16-4)14-10(2)9-15-3;/h10H,5-9H2,1-4H3,(H2,12,13,14);1H. The molecule has 1 unspecified atom stereocenters. The van der Waals surface area contributed by atoms with Crippen molar-refractivity contribution in [3.63, 3.8) is 0 Å². The van der Waals surface area contributed by atoms with Crippen LogP contribution in [0.15, 0.2) is 4.99 Å². The van der Waals surface area contributed by atoms with Crippen molar-refractivity contribution in [2.75, 3.05) is 38.8 Å². The molecule has 0 rings (SSSR count). The van der Waals surface area contributed by atoms with Crippen molar-refractivity contribution in [2.45, 2.75) is 26.3 Å². The van der Waals surface area contributed by atoms with Crippen LogP contribution in [0.2, 0.25) is 0 Å². The van der Waals surface area contributed by atoms with Crippen molar-refractivity contribution in [3.8, 4) is 0 Å². The summed E-state index contributed by atoms with van der Waals surface area (Å²) in [6.45, 7) is 6.59. The highest BCUT2D eigenvalue weighted by atomic mass is 127. The molecule has 0 aromatic rings. The Kier molecular flexibility index (Phi) is 16.6. The van der Waals surface area contributed by atoms with Crippen molar-refractivity contribution in [2.24, 2.45) is 4.99 Å². The zero-order valence-corrected chi connectivity index (χ0v) is 14.4. The molecule has 0 saturated carbocycles. The Morgan fingerprint density at radius 1 is 1.47 bits per heavy atom. The Labute approximate surface area is 127 Å². The largest absolute Gasteiger partial charge is 0.383 e. The summed E-state index contributed by atoms with van der Waals surface area (Å²) in [6.07, 6.45) is 3.24. The van der Waals surface area contributed by atoms with E-state index in [1.807, 2.05) is 11.8 Å². The lowest BCUT2D eigenvalue weighted by molar-refractivity contribution is 0.179. The first-order chi connectivity index (χ1) is 7.74. The summed E-state index contributed by atoms with van der Waals surface area (Å²) in [5.41, 5.74) is 0. The fourth-order valence-corrected chi connectivity index (χ4v) is 1.66. The molecule has 0 aliphatic carbocycles. The Balaban J connectivity index is 0. The number of thioether (sulfide) groups is 1. The van der Waals surface area contributed by atoms with Crippen LogP contribution in [0.1, 0.15) is 20.3 Å². The van der Waals surface area contributed by atoms with E-state index >= 15 is 0 Å². The first kappa shape index (κ1) is 19.6. The molecule has 2 N–H and O–H groups in total. The Hall–Kier alpha value is 0.310. The predicted molar refractivity (Wildman–Crippen MR) is 88.9 cm³/mol. The van der Waals surface area contributed by atoms with E-state index in [1.54, 1.807) is 7.11 Å². The molecule has 6 heteroatoms. The van der Waals surface area contributed by atoms with Gasteiger partial charge in [0, 0.05) is 26.2 Å². The molecule has 0 aliphatic rings. The highest BCUT2D eigenvalue weighted by Crippen LogP contribution is 1.95. The maximum Gasteiger partial charge on any atom is 0.191 e. The summed E-state index contributed by atoms with van der Waals surface area (Å²) in [5, 5.41) is 6.53. The van der Waals surface area contributed by atoms with Gasteiger partial charge in [0.2, 0.25) is 0 Å². The van der Waals surface area contributed by atoms with Gasteiger partial charge in [0.15, 0.2) is 5.96 Å². The number of methoxy groups -OCH3 is 1. The van der Waals surface area contributed by atoms with Gasteiger partial charge in [-0.15, -0.1) is 24.0 Å². The number of nitrogens with zero attached hydrogens (tertiary/aromatic N) is 1. The molecule has 0 radical (unpaired) electrons. The van der Waals surface area contributed by atoms with E-state index < -0.39 is 0 Å². The molecule has 0 aromatic carbocycles. The van der Waals surface area contributed by atoms with Gasteiger partial charge in [-0.1, -0.05) is 0 Å². The van der Waals surface area contributed by atoms with Crippen LogP contribution in [-0.4, -0.2) is 50.8 Å². The number of nitrogens with one attached hydrogen (secondary N) is 2. The van der Waals surface area contributed by atoms with Crippen molar-refractivity contribution in [3.05, 3.63) is 0 Å². The van der Waals surface area contributed by atoms with Crippen LogP contribution in [0.5, 0.6) is 0 Å². The average Bonchev–Trinajstić information content (AvgIpc) is 2.25. The lowest BCUT2D eigenvalue weighted by Crippen LogP contribution is -2.44. The van der Waals surface area contributed by atoms with Crippen LogP contribution in [0.3, 0.4) is 0 Å². The minimum absolute atomic E-state index is 0. The maximum absolute atomic E-state index is 5.08. The van der Waals surface area contributed by atoms with Crippen molar-refractivity contribution in [1.29, 1.82) is 0 Å². The van der Waals surface area contributed by atoms with E-state index in [9.17, 15) is 0 Å². The molecule has 0 spiro atoms. The number of aliphatic imine (C=N–C) groups is 1. The second kappa shape index (κ2) is 14.4. The first-order valence-electron chi connectivity index (χ1n) is 5.77. The van der Waals surface area contributed by atoms with Gasteiger partial charge in [0.1, 0.15) is 0 Å². The van der Waals surface area contributed by atoms with Crippen LogP contribution in [-0.2, 0) is 4.74 Å². The van der Waals surface area contributed by atoms with Gasteiger partial charge in [-0.2, -0.15) is 11.8 Å². The number of hydrogen-bond acceptors (Lipinski definition) is 3. The molecule has 17 heavy (non-hydrogen) atoms. The zero-order valence-electron chi connectivity index (χ0n) is 11.3. The molecule has 0 heterocycles. The third-order valence-electron chi connectivity index (χ3n) is 1.92. The minimum atomic E-state index is 0. The van der Waals surface area contributed by atoms with E-state index in [4.69, 9.17) is 4.74 Å². The summed E-state index contributed by atoms with van der Waals surface area (Å²) in [6, 6.07) is 0.281. The van der Waals surface area contributed by atoms with Crippen LogP contribution in [0.4, 0.5) is 0 Å². The van der Waals surface area contributed by atoms with Gasteiger partial charge >= 0.3 is 0 Å². The fraction of sp³-hybridized carbons (Fsp3) is 0.909. The third kappa shape index (κ3) is 12.6. The molecule has 0 amide bonds. The Bertz CT molecular complexity index is 194. The molecule has 104 valence electrons. The SMILES string of the molecule is CCNC(=NCCCSC)NC(C)COC.I. The summed E-state index contributed by atoms with van der Waals surface area (Å²) in [4.78, 5) is 4.50. The van der Waals surface area contributed by atoms with Gasteiger partial charge in [-0.3, -0.25) is 4.99 Å². The van der Waals surface area contributed by atoms with Crippen molar-refractivity contribution < 1.29 is 4.74 Å². The second-order valence-corrected chi connectivity index (χ2v) is 4.59. The topological polar surface area (TPSA) is 45.7 Å². The number of rotatable bonds is 8. The lowest BCUT2D eigenvalue weighted by atomic mass is 10.4. The monoisotopic (exact) mass is 375 g/mol. The van der Waals surface area contributed by atoms with Crippen LogP contribution >= 0.6 is 35.7 Å². The van der Waals surface area contributed by atoms with E-state index in [0.29, 0.717) is 6.61 Å². The lowest BCUT2D eigenvalue weighted by Gasteiger charge is -2.16. The average molecular weight is 375 g/mol. The second-order valence-electron chi connectivity index (χ2n) is 3.61. The molecule has 0 fully saturated rings. The molecule has 0 aliphatic heterocycles. The maximum atomic E-state index is 5.08. The summed E-state index contributed by atoms with van der Waals surface area (Å²) in [7, 11) is 1.71. The summed E-state index contributed by atoms with van der Waals surface area (Å²) in [5.74, 6) is 2.05. The highest BCUT2D eigenvalue weighted by Gasteiger charge is 2.03. The van der Waals surface area contributed by atoms with Crippen LogP contribution in [0.25, 0.3) is 0 Å². The van der Waals surface area contributed by atoms with E-state index in [0.717, 1.165) is 31.2 Å². The number of ether oxygens (including phenoxy) is 1. The minimum Gasteiger partial charge on any atom is -0.383 e. The molecule has 0 bridgehead atoms. The number of halogens is 1. The van der Waals surface area contributed by atoms with E-state index in [2.05, 4.69) is 35.7 Å². The van der Waals surface area contributed by atoms with Gasteiger partial charge in [0.25, 0.3) is 0 Å². The molecular formula is C11H26IN3OS. The number of guanidine groups is 1. The zero-order chi connectivity index (χ0) is 12.2. The van der Waals surface area contributed by atoms with Gasteiger partial charge in [-0.05, 0) is 32.3 Å². The quantitative estimate of drug-likeness (QED) is 0.295.